The van der Waals surface area contributed by atoms with Gasteiger partial charge in [-0.15, -0.1) is 0 Å². The predicted octanol–water partition coefficient (Wildman–Crippen LogP) is 3.88. The number of rotatable bonds is 4. The zero-order chi connectivity index (χ0) is 17.5. The van der Waals surface area contributed by atoms with E-state index in [2.05, 4.69) is 19.6 Å². The van der Waals surface area contributed by atoms with Gasteiger partial charge >= 0.3 is 11.9 Å². The molecule has 4 heteroatoms. The maximum Gasteiger partial charge on any atom is 0.324 e. The Morgan fingerprint density at radius 1 is 1.12 bits per heavy atom. The largest absolute Gasteiger partial charge is 0.465 e. The molecule has 3 aliphatic carbocycles. The summed E-state index contributed by atoms with van der Waals surface area (Å²) in [6.45, 7) is 10.5. The number of esters is 2. The van der Waals surface area contributed by atoms with E-state index in [1.807, 2.05) is 0 Å². The molecule has 0 saturated heterocycles. The maximum atomic E-state index is 12.7. The molecule has 24 heavy (non-hydrogen) atoms. The van der Waals surface area contributed by atoms with Crippen LogP contribution in [0.5, 0.6) is 0 Å². The minimum atomic E-state index is -1.23. The Bertz CT molecular complexity index is 649. The number of carbonyl (C=O) groups excluding carboxylic acids is 2. The molecule has 1 atom stereocenters. The Labute approximate surface area is 143 Å². The lowest BCUT2D eigenvalue weighted by atomic mass is 9.72. The van der Waals surface area contributed by atoms with Crippen LogP contribution < -0.4 is 0 Å². The molecule has 0 bridgehead atoms. The second-order valence-electron chi connectivity index (χ2n) is 7.43. The second-order valence-corrected chi connectivity index (χ2v) is 7.43. The Morgan fingerprint density at radius 2 is 1.75 bits per heavy atom. The van der Waals surface area contributed by atoms with Crippen LogP contribution in [-0.2, 0) is 19.1 Å². The van der Waals surface area contributed by atoms with Gasteiger partial charge in [0, 0.05) is 0 Å². The molecule has 0 aromatic carbocycles. The minimum Gasteiger partial charge on any atom is -0.465 e. The zero-order valence-electron chi connectivity index (χ0n) is 14.9. The number of carbonyl (C=O) groups is 2. The van der Waals surface area contributed by atoms with E-state index in [0.717, 1.165) is 19.3 Å². The summed E-state index contributed by atoms with van der Waals surface area (Å²) in [6, 6.07) is 0. The average Bonchev–Trinajstić information content (AvgIpc) is 2.95. The lowest BCUT2D eigenvalue weighted by molar-refractivity contribution is -0.172. The van der Waals surface area contributed by atoms with Crippen LogP contribution >= 0.6 is 0 Å². The standard InChI is InChI=1S/C20H26O4/c1-5-23-17(21)20(18(22)24-6-2)8-7-14-11-19(4)10-13(3)9-16(19)15(14)12-20/h7H,3,5-6,8-12H2,1-2,4H3. The number of hydrogen-bond donors (Lipinski definition) is 0. The fourth-order valence-electron chi connectivity index (χ4n) is 4.57. The third-order valence-electron chi connectivity index (χ3n) is 5.64. The van der Waals surface area contributed by atoms with Gasteiger partial charge in [-0.2, -0.15) is 0 Å². The molecule has 0 aromatic rings. The predicted molar refractivity (Wildman–Crippen MR) is 91.1 cm³/mol. The smallest absolute Gasteiger partial charge is 0.324 e. The highest BCUT2D eigenvalue weighted by Crippen LogP contribution is 2.60. The van der Waals surface area contributed by atoms with Crippen molar-refractivity contribution in [3.8, 4) is 0 Å². The first-order valence-corrected chi connectivity index (χ1v) is 8.79. The van der Waals surface area contributed by atoms with E-state index >= 15 is 0 Å². The Morgan fingerprint density at radius 3 is 2.33 bits per heavy atom. The molecule has 1 fully saturated rings. The third-order valence-corrected chi connectivity index (χ3v) is 5.64. The van der Waals surface area contributed by atoms with E-state index in [1.54, 1.807) is 13.8 Å². The summed E-state index contributed by atoms with van der Waals surface area (Å²) in [5, 5.41) is 0. The number of fused-ring (bicyclic) bond motifs is 2. The first-order valence-electron chi connectivity index (χ1n) is 8.79. The second kappa shape index (κ2) is 5.91. The van der Waals surface area contributed by atoms with Crippen molar-refractivity contribution < 1.29 is 19.1 Å². The van der Waals surface area contributed by atoms with Gasteiger partial charge in [0.25, 0.3) is 0 Å². The lowest BCUT2D eigenvalue weighted by Crippen LogP contribution is -2.43. The van der Waals surface area contributed by atoms with E-state index in [9.17, 15) is 9.59 Å². The van der Waals surface area contributed by atoms with Gasteiger partial charge in [-0.05, 0) is 62.5 Å². The highest BCUT2D eigenvalue weighted by Gasteiger charge is 2.54. The topological polar surface area (TPSA) is 52.6 Å². The van der Waals surface area contributed by atoms with Crippen molar-refractivity contribution >= 4 is 11.9 Å². The first kappa shape index (κ1) is 17.0. The average molecular weight is 330 g/mol. The maximum absolute atomic E-state index is 12.7. The van der Waals surface area contributed by atoms with Gasteiger partial charge in [0.2, 0.25) is 0 Å². The molecule has 0 spiro atoms. The van der Waals surface area contributed by atoms with E-state index in [0.29, 0.717) is 12.8 Å². The Balaban J connectivity index is 2.03. The van der Waals surface area contributed by atoms with Gasteiger partial charge in [0.05, 0.1) is 13.2 Å². The van der Waals surface area contributed by atoms with Gasteiger partial charge in [-0.3, -0.25) is 9.59 Å². The van der Waals surface area contributed by atoms with Crippen LogP contribution in [0.3, 0.4) is 0 Å². The number of ether oxygens (including phenoxy) is 2. The van der Waals surface area contributed by atoms with Gasteiger partial charge in [0.15, 0.2) is 5.41 Å². The van der Waals surface area contributed by atoms with Crippen molar-refractivity contribution in [3.63, 3.8) is 0 Å². The van der Waals surface area contributed by atoms with Crippen LogP contribution in [0.4, 0.5) is 0 Å². The van der Waals surface area contributed by atoms with E-state index in [1.165, 1.54) is 22.3 Å². The molecule has 0 amide bonds. The van der Waals surface area contributed by atoms with Crippen molar-refractivity contribution in [2.75, 3.05) is 13.2 Å². The monoisotopic (exact) mass is 330 g/mol. The summed E-state index contributed by atoms with van der Waals surface area (Å²) >= 11 is 0. The normalized spacial score (nSPS) is 27.5. The molecule has 0 aliphatic heterocycles. The molecule has 0 N–H and O–H groups in total. The van der Waals surface area contributed by atoms with Crippen LogP contribution in [0.15, 0.2) is 34.9 Å². The van der Waals surface area contributed by atoms with Gasteiger partial charge in [0.1, 0.15) is 0 Å². The Hall–Kier alpha value is -1.84. The van der Waals surface area contributed by atoms with Gasteiger partial charge < -0.3 is 9.47 Å². The SMILES string of the molecule is C=C1CC2=C3CC(C(=O)OCC)(C(=O)OCC)CC=C3CC2(C)C1. The fourth-order valence-corrected chi connectivity index (χ4v) is 4.57. The van der Waals surface area contributed by atoms with Crippen molar-refractivity contribution in [1.29, 1.82) is 0 Å². The van der Waals surface area contributed by atoms with E-state index < -0.39 is 17.4 Å². The minimum absolute atomic E-state index is 0.109. The molecule has 0 aromatic heterocycles. The molecule has 4 nitrogen and oxygen atoms in total. The van der Waals surface area contributed by atoms with Crippen LogP contribution in [-0.4, -0.2) is 25.2 Å². The molecule has 3 aliphatic rings. The van der Waals surface area contributed by atoms with Crippen molar-refractivity contribution in [2.45, 2.75) is 52.9 Å². The summed E-state index contributed by atoms with van der Waals surface area (Å²) < 4.78 is 10.5. The fraction of sp³-hybridized carbons (Fsp3) is 0.600. The van der Waals surface area contributed by atoms with Crippen molar-refractivity contribution in [3.05, 3.63) is 34.9 Å². The molecule has 3 rings (SSSR count). The summed E-state index contributed by atoms with van der Waals surface area (Å²) in [5.41, 5.74) is 3.94. The summed E-state index contributed by atoms with van der Waals surface area (Å²) in [6.07, 6.45) is 5.69. The summed E-state index contributed by atoms with van der Waals surface area (Å²) in [7, 11) is 0. The lowest BCUT2D eigenvalue weighted by Gasteiger charge is -2.32. The van der Waals surface area contributed by atoms with Gasteiger partial charge in [-0.25, -0.2) is 0 Å². The molecular formula is C20H26O4. The molecular weight excluding hydrogens is 304 g/mol. The molecule has 0 radical (unpaired) electrons. The zero-order valence-corrected chi connectivity index (χ0v) is 14.9. The van der Waals surface area contributed by atoms with Crippen LogP contribution in [0.2, 0.25) is 0 Å². The third kappa shape index (κ3) is 2.43. The van der Waals surface area contributed by atoms with Crippen LogP contribution in [0, 0.1) is 10.8 Å². The van der Waals surface area contributed by atoms with Crippen molar-refractivity contribution in [2.24, 2.45) is 10.8 Å². The number of allylic oxidation sites excluding steroid dienone is 5. The molecule has 130 valence electrons. The van der Waals surface area contributed by atoms with E-state index in [-0.39, 0.29) is 18.6 Å². The highest BCUT2D eigenvalue weighted by molar-refractivity contribution is 6.01. The van der Waals surface area contributed by atoms with Crippen molar-refractivity contribution in [1.82, 2.24) is 0 Å². The molecule has 1 saturated carbocycles. The van der Waals surface area contributed by atoms with Crippen LogP contribution in [0.1, 0.15) is 52.9 Å². The van der Waals surface area contributed by atoms with E-state index in [4.69, 9.17) is 9.47 Å². The molecule has 0 heterocycles. The van der Waals surface area contributed by atoms with Gasteiger partial charge in [-0.1, -0.05) is 30.7 Å². The van der Waals surface area contributed by atoms with Crippen LogP contribution in [0.25, 0.3) is 0 Å². The molecule has 1 unspecified atom stereocenters. The quantitative estimate of drug-likeness (QED) is 0.446. The summed E-state index contributed by atoms with van der Waals surface area (Å²) in [5.74, 6) is -0.922. The number of hydrogen-bond acceptors (Lipinski definition) is 4. The Kier molecular flexibility index (Phi) is 4.18. The summed E-state index contributed by atoms with van der Waals surface area (Å²) in [4.78, 5) is 25.3. The highest BCUT2D eigenvalue weighted by atomic mass is 16.6. The first-order chi connectivity index (χ1) is 11.4.